The van der Waals surface area contributed by atoms with E-state index in [9.17, 15) is 4.79 Å². The van der Waals surface area contributed by atoms with Crippen LogP contribution in [0, 0.1) is 6.92 Å². The van der Waals surface area contributed by atoms with Crippen molar-refractivity contribution in [1.29, 1.82) is 0 Å². The first-order valence-electron chi connectivity index (χ1n) is 5.64. The normalized spacial score (nSPS) is 12.2. The maximum atomic E-state index is 11.8. The van der Waals surface area contributed by atoms with Gasteiger partial charge in [-0.05, 0) is 26.3 Å². The van der Waals surface area contributed by atoms with Crippen LogP contribution in [0.4, 0.5) is 0 Å². The highest BCUT2D eigenvalue weighted by atomic mass is 16.2. The molecular weight excluding hydrogens is 200 g/mol. The van der Waals surface area contributed by atoms with Crippen LogP contribution in [0.1, 0.15) is 25.0 Å². The van der Waals surface area contributed by atoms with E-state index in [1.54, 1.807) is 11.8 Å². The summed E-state index contributed by atoms with van der Waals surface area (Å²) in [5.41, 5.74) is 7.96. The Hall–Kier alpha value is -1.35. The fourth-order valence-corrected chi connectivity index (χ4v) is 1.66. The van der Waals surface area contributed by atoms with Crippen LogP contribution in [0.15, 0.2) is 24.3 Å². The number of hydrogen-bond donors (Lipinski definition) is 1. The van der Waals surface area contributed by atoms with Crippen molar-refractivity contribution < 1.29 is 4.79 Å². The third-order valence-corrected chi connectivity index (χ3v) is 2.54. The summed E-state index contributed by atoms with van der Waals surface area (Å²) in [6, 6.07) is 7.76. The lowest BCUT2D eigenvalue weighted by atomic mass is 10.1. The van der Waals surface area contributed by atoms with Crippen molar-refractivity contribution in [3.8, 4) is 0 Å². The van der Waals surface area contributed by atoms with Gasteiger partial charge < -0.3 is 10.6 Å². The van der Waals surface area contributed by atoms with Crippen molar-refractivity contribution in [2.24, 2.45) is 5.73 Å². The molecule has 1 aromatic rings. The van der Waals surface area contributed by atoms with Gasteiger partial charge in [0.1, 0.15) is 0 Å². The first kappa shape index (κ1) is 12.7. The molecule has 0 radical (unpaired) electrons. The second kappa shape index (κ2) is 5.66. The minimum atomic E-state index is -0.426. The largest absolute Gasteiger partial charge is 0.337 e. The topological polar surface area (TPSA) is 46.3 Å². The van der Waals surface area contributed by atoms with Gasteiger partial charge in [0.2, 0.25) is 5.91 Å². The van der Waals surface area contributed by atoms with E-state index in [4.69, 9.17) is 5.73 Å². The summed E-state index contributed by atoms with van der Waals surface area (Å²) < 4.78 is 0. The Labute approximate surface area is 97.2 Å². The molecule has 3 heteroatoms. The second-order valence-corrected chi connectivity index (χ2v) is 4.13. The van der Waals surface area contributed by atoms with E-state index in [2.05, 4.69) is 6.07 Å². The van der Waals surface area contributed by atoms with Crippen LogP contribution in [-0.2, 0) is 11.3 Å². The summed E-state index contributed by atoms with van der Waals surface area (Å²) >= 11 is 0. The third kappa shape index (κ3) is 3.35. The fraction of sp³-hybridized carbons (Fsp3) is 0.462. The van der Waals surface area contributed by atoms with E-state index >= 15 is 0 Å². The first-order valence-corrected chi connectivity index (χ1v) is 5.64. The number of rotatable bonds is 4. The van der Waals surface area contributed by atoms with Crippen molar-refractivity contribution in [1.82, 2.24) is 4.90 Å². The van der Waals surface area contributed by atoms with Crippen molar-refractivity contribution >= 4 is 5.91 Å². The van der Waals surface area contributed by atoms with Crippen LogP contribution >= 0.6 is 0 Å². The molecule has 1 atom stereocenters. The predicted octanol–water partition coefficient (Wildman–Crippen LogP) is 1.69. The van der Waals surface area contributed by atoms with E-state index in [1.807, 2.05) is 32.0 Å². The molecule has 2 N–H and O–H groups in total. The monoisotopic (exact) mass is 220 g/mol. The number of amides is 1. The van der Waals surface area contributed by atoms with Crippen molar-refractivity contribution in [2.45, 2.75) is 33.4 Å². The molecule has 0 fully saturated rings. The number of hydrogen-bond acceptors (Lipinski definition) is 2. The summed E-state index contributed by atoms with van der Waals surface area (Å²) in [4.78, 5) is 13.5. The van der Waals surface area contributed by atoms with Gasteiger partial charge >= 0.3 is 0 Å². The number of carbonyl (C=O) groups excluding carboxylic acids is 1. The summed E-state index contributed by atoms with van der Waals surface area (Å²) in [5.74, 6) is 0.00371. The van der Waals surface area contributed by atoms with E-state index in [-0.39, 0.29) is 5.91 Å². The molecule has 16 heavy (non-hydrogen) atoms. The van der Waals surface area contributed by atoms with Gasteiger partial charge in [-0.1, -0.05) is 29.8 Å². The summed E-state index contributed by atoms with van der Waals surface area (Å²) in [5, 5.41) is 0. The molecule has 0 bridgehead atoms. The van der Waals surface area contributed by atoms with Crippen LogP contribution in [0.25, 0.3) is 0 Å². The molecule has 0 saturated heterocycles. The SMILES string of the molecule is CCN(Cc1cccc(C)c1)C(=O)[C@H](C)N. The maximum Gasteiger partial charge on any atom is 0.239 e. The number of nitrogens with two attached hydrogens (primary N) is 1. The highest BCUT2D eigenvalue weighted by molar-refractivity contribution is 5.81. The van der Waals surface area contributed by atoms with Crippen LogP contribution in [0.5, 0.6) is 0 Å². The van der Waals surface area contributed by atoms with E-state index in [0.29, 0.717) is 13.1 Å². The zero-order chi connectivity index (χ0) is 12.1. The van der Waals surface area contributed by atoms with Crippen molar-refractivity contribution in [3.05, 3.63) is 35.4 Å². The summed E-state index contributed by atoms with van der Waals surface area (Å²) in [6.07, 6.45) is 0. The third-order valence-electron chi connectivity index (χ3n) is 2.54. The lowest BCUT2D eigenvalue weighted by Gasteiger charge is -2.23. The molecule has 0 aliphatic rings. The Morgan fingerprint density at radius 1 is 1.50 bits per heavy atom. The molecule has 0 unspecified atom stereocenters. The Kier molecular flexibility index (Phi) is 4.50. The van der Waals surface area contributed by atoms with Gasteiger partial charge in [-0.25, -0.2) is 0 Å². The molecule has 88 valence electrons. The lowest BCUT2D eigenvalue weighted by molar-refractivity contribution is -0.132. The quantitative estimate of drug-likeness (QED) is 0.839. The molecule has 1 amide bonds. The average molecular weight is 220 g/mol. The number of benzene rings is 1. The van der Waals surface area contributed by atoms with E-state index in [1.165, 1.54) is 5.56 Å². The van der Waals surface area contributed by atoms with Crippen LogP contribution < -0.4 is 5.73 Å². The molecule has 1 rings (SSSR count). The Morgan fingerprint density at radius 2 is 2.19 bits per heavy atom. The molecule has 0 aliphatic carbocycles. The van der Waals surface area contributed by atoms with Gasteiger partial charge in [-0.15, -0.1) is 0 Å². The number of nitrogens with zero attached hydrogens (tertiary/aromatic N) is 1. The zero-order valence-corrected chi connectivity index (χ0v) is 10.2. The average Bonchev–Trinajstić information content (AvgIpc) is 2.25. The van der Waals surface area contributed by atoms with Gasteiger partial charge in [-0.3, -0.25) is 4.79 Å². The van der Waals surface area contributed by atoms with Crippen LogP contribution in [0.2, 0.25) is 0 Å². The summed E-state index contributed by atoms with van der Waals surface area (Å²) in [7, 11) is 0. The standard InChI is InChI=1S/C13H20N2O/c1-4-15(13(16)11(3)14)9-12-7-5-6-10(2)8-12/h5-8,11H,4,9,14H2,1-3H3/t11-/m0/s1. The highest BCUT2D eigenvalue weighted by Crippen LogP contribution is 2.08. The molecule has 0 aliphatic heterocycles. The Balaban J connectivity index is 2.74. The molecular formula is C13H20N2O. The van der Waals surface area contributed by atoms with E-state index < -0.39 is 6.04 Å². The molecule has 3 nitrogen and oxygen atoms in total. The van der Waals surface area contributed by atoms with Gasteiger partial charge in [0.25, 0.3) is 0 Å². The number of likely N-dealkylation sites (N-methyl/N-ethyl adjacent to an activating group) is 1. The Bertz CT molecular complexity index is 361. The maximum absolute atomic E-state index is 11.8. The number of carbonyl (C=O) groups is 1. The minimum absolute atomic E-state index is 0.00371. The van der Waals surface area contributed by atoms with E-state index in [0.717, 1.165) is 5.56 Å². The molecule has 0 aromatic heterocycles. The Morgan fingerprint density at radius 3 is 2.69 bits per heavy atom. The molecule has 1 aromatic carbocycles. The first-order chi connectivity index (χ1) is 7.54. The van der Waals surface area contributed by atoms with Gasteiger partial charge in [0.05, 0.1) is 6.04 Å². The lowest BCUT2D eigenvalue weighted by Crippen LogP contribution is -2.41. The van der Waals surface area contributed by atoms with Crippen molar-refractivity contribution in [2.75, 3.05) is 6.54 Å². The zero-order valence-electron chi connectivity index (χ0n) is 10.2. The molecule has 0 spiro atoms. The second-order valence-electron chi connectivity index (χ2n) is 4.13. The highest BCUT2D eigenvalue weighted by Gasteiger charge is 2.15. The van der Waals surface area contributed by atoms with Gasteiger partial charge in [-0.2, -0.15) is 0 Å². The summed E-state index contributed by atoms with van der Waals surface area (Å²) in [6.45, 7) is 7.07. The van der Waals surface area contributed by atoms with Crippen molar-refractivity contribution in [3.63, 3.8) is 0 Å². The molecule has 0 heterocycles. The van der Waals surface area contributed by atoms with Gasteiger partial charge in [0, 0.05) is 13.1 Å². The predicted molar refractivity (Wildman–Crippen MR) is 65.9 cm³/mol. The van der Waals surface area contributed by atoms with Gasteiger partial charge in [0.15, 0.2) is 0 Å². The minimum Gasteiger partial charge on any atom is -0.337 e. The smallest absolute Gasteiger partial charge is 0.239 e. The fourth-order valence-electron chi connectivity index (χ4n) is 1.66. The number of aryl methyl sites for hydroxylation is 1. The van der Waals surface area contributed by atoms with Crippen LogP contribution in [-0.4, -0.2) is 23.4 Å². The van der Waals surface area contributed by atoms with Crippen LogP contribution in [0.3, 0.4) is 0 Å². The molecule has 0 saturated carbocycles.